The minimum Gasteiger partial charge on any atom is -0.463 e. The number of benzene rings is 2. The fourth-order valence-corrected chi connectivity index (χ4v) is 3.47. The summed E-state index contributed by atoms with van der Waals surface area (Å²) in [7, 11) is 0. The number of rotatable bonds is 7. The number of hydrogen-bond donors (Lipinski definition) is 1. The van der Waals surface area contributed by atoms with E-state index in [0.717, 1.165) is 16.7 Å². The van der Waals surface area contributed by atoms with Crippen LogP contribution in [0.4, 0.5) is 0 Å². The van der Waals surface area contributed by atoms with Gasteiger partial charge in [-0.15, -0.1) is 0 Å². The Hall–Kier alpha value is -3.12. The number of aromatic nitrogens is 2. The minimum absolute atomic E-state index is 0.188. The molecule has 142 valence electrons. The van der Waals surface area contributed by atoms with Gasteiger partial charge >= 0.3 is 5.97 Å². The third-order valence-corrected chi connectivity index (χ3v) is 4.82. The van der Waals surface area contributed by atoms with Crippen molar-refractivity contribution in [3.05, 3.63) is 88.2 Å². The molecule has 0 saturated heterocycles. The van der Waals surface area contributed by atoms with Gasteiger partial charge in [0.25, 0.3) is 5.56 Å². The summed E-state index contributed by atoms with van der Waals surface area (Å²) in [4.78, 5) is 30.9. The molecule has 0 amide bonds. The number of ether oxygens (including phenoxy) is 1. The zero-order valence-corrected chi connectivity index (χ0v) is 16.2. The quantitative estimate of drug-likeness (QED) is 0.281. The van der Waals surface area contributed by atoms with Crippen LogP contribution >= 0.6 is 11.8 Å². The van der Waals surface area contributed by atoms with E-state index in [9.17, 15) is 9.59 Å². The highest BCUT2D eigenvalue weighted by molar-refractivity contribution is 7.98. The molecule has 0 fully saturated rings. The van der Waals surface area contributed by atoms with Crippen LogP contribution in [0.1, 0.15) is 18.1 Å². The van der Waals surface area contributed by atoms with Crippen molar-refractivity contribution < 1.29 is 9.53 Å². The lowest BCUT2D eigenvalue weighted by atomic mass is 10.1. The molecule has 0 unspecified atom stereocenters. The highest BCUT2D eigenvalue weighted by atomic mass is 32.2. The number of hydrogen-bond acceptors (Lipinski definition) is 5. The van der Waals surface area contributed by atoms with Crippen molar-refractivity contribution in [1.82, 2.24) is 9.97 Å². The number of esters is 1. The van der Waals surface area contributed by atoms with Crippen molar-refractivity contribution in [3.8, 4) is 11.3 Å². The van der Waals surface area contributed by atoms with Gasteiger partial charge in [0.15, 0.2) is 5.16 Å². The van der Waals surface area contributed by atoms with E-state index in [1.807, 2.05) is 54.6 Å². The monoisotopic (exact) mass is 392 g/mol. The Morgan fingerprint density at radius 3 is 2.68 bits per heavy atom. The third-order valence-electron chi connectivity index (χ3n) is 3.89. The summed E-state index contributed by atoms with van der Waals surface area (Å²) >= 11 is 1.44. The van der Waals surface area contributed by atoms with Crippen molar-refractivity contribution in [2.75, 3.05) is 6.61 Å². The molecular weight excluding hydrogens is 372 g/mol. The van der Waals surface area contributed by atoms with Gasteiger partial charge in [-0.2, -0.15) is 0 Å². The van der Waals surface area contributed by atoms with Crippen LogP contribution in [-0.4, -0.2) is 22.5 Å². The molecule has 0 radical (unpaired) electrons. The Kier molecular flexibility index (Phi) is 6.81. The van der Waals surface area contributed by atoms with Crippen LogP contribution in [0.5, 0.6) is 0 Å². The number of carbonyl (C=O) groups excluding carboxylic acids is 1. The molecule has 0 saturated carbocycles. The fraction of sp³-hybridized carbons (Fsp3) is 0.136. The summed E-state index contributed by atoms with van der Waals surface area (Å²) < 4.78 is 4.92. The van der Waals surface area contributed by atoms with E-state index >= 15 is 0 Å². The standard InChI is InChI=1S/C22H20N2O3S/c1-2-27-21(26)13-12-16-8-6-7-11-18(16)15-28-22-23-19(14-20(25)24-22)17-9-4-3-5-10-17/h3-14H,2,15H2,1H3,(H,23,24,25)/b13-12+. The van der Waals surface area contributed by atoms with E-state index in [0.29, 0.717) is 23.2 Å². The molecule has 1 aromatic heterocycles. The SMILES string of the molecule is CCOC(=O)/C=C/c1ccccc1CSc1nc(-c2ccccc2)cc(=O)[nH]1. The molecule has 5 nitrogen and oxygen atoms in total. The van der Waals surface area contributed by atoms with E-state index in [1.54, 1.807) is 13.0 Å². The van der Waals surface area contributed by atoms with Crippen molar-refractivity contribution in [2.24, 2.45) is 0 Å². The highest BCUT2D eigenvalue weighted by Crippen LogP contribution is 2.24. The Morgan fingerprint density at radius 1 is 1.14 bits per heavy atom. The predicted molar refractivity (Wildman–Crippen MR) is 112 cm³/mol. The van der Waals surface area contributed by atoms with E-state index in [4.69, 9.17) is 4.74 Å². The van der Waals surface area contributed by atoms with E-state index in [2.05, 4.69) is 9.97 Å². The first-order valence-electron chi connectivity index (χ1n) is 8.88. The summed E-state index contributed by atoms with van der Waals surface area (Å²) in [5.41, 5.74) is 3.30. The van der Waals surface area contributed by atoms with Crippen LogP contribution in [0.25, 0.3) is 17.3 Å². The summed E-state index contributed by atoms with van der Waals surface area (Å²) in [6.07, 6.45) is 3.16. The first-order valence-corrected chi connectivity index (χ1v) is 9.86. The van der Waals surface area contributed by atoms with Crippen LogP contribution in [0.2, 0.25) is 0 Å². The van der Waals surface area contributed by atoms with E-state index in [-0.39, 0.29) is 11.5 Å². The fourth-order valence-electron chi connectivity index (χ4n) is 2.58. The summed E-state index contributed by atoms with van der Waals surface area (Å²) in [6.45, 7) is 2.12. The Balaban J connectivity index is 1.77. The smallest absolute Gasteiger partial charge is 0.330 e. The molecule has 0 spiro atoms. The molecule has 6 heteroatoms. The molecule has 0 bridgehead atoms. The van der Waals surface area contributed by atoms with Gasteiger partial charge in [-0.3, -0.25) is 4.79 Å². The van der Waals surface area contributed by atoms with Crippen molar-refractivity contribution in [1.29, 1.82) is 0 Å². The molecule has 0 aliphatic carbocycles. The maximum absolute atomic E-state index is 12.0. The van der Waals surface area contributed by atoms with Crippen molar-refractivity contribution in [2.45, 2.75) is 17.8 Å². The van der Waals surface area contributed by atoms with Gasteiger partial charge in [0, 0.05) is 23.5 Å². The van der Waals surface area contributed by atoms with Crippen LogP contribution in [0.15, 0.2) is 76.7 Å². The lowest BCUT2D eigenvalue weighted by molar-refractivity contribution is -0.137. The van der Waals surface area contributed by atoms with Crippen LogP contribution in [0.3, 0.4) is 0 Å². The zero-order valence-electron chi connectivity index (χ0n) is 15.4. The lowest BCUT2D eigenvalue weighted by Gasteiger charge is -2.07. The molecule has 1 heterocycles. The molecule has 3 aromatic rings. The maximum Gasteiger partial charge on any atom is 0.330 e. The van der Waals surface area contributed by atoms with Crippen LogP contribution in [-0.2, 0) is 15.3 Å². The topological polar surface area (TPSA) is 72.0 Å². The summed E-state index contributed by atoms with van der Waals surface area (Å²) in [5.74, 6) is 0.233. The second-order valence-corrected chi connectivity index (χ2v) is 6.84. The normalized spacial score (nSPS) is 10.9. The summed E-state index contributed by atoms with van der Waals surface area (Å²) in [6, 6.07) is 18.9. The van der Waals surface area contributed by atoms with Crippen molar-refractivity contribution in [3.63, 3.8) is 0 Å². The molecule has 2 aromatic carbocycles. The Morgan fingerprint density at radius 2 is 1.89 bits per heavy atom. The van der Waals surface area contributed by atoms with Crippen molar-refractivity contribution >= 4 is 23.8 Å². The lowest BCUT2D eigenvalue weighted by Crippen LogP contribution is -2.08. The average molecular weight is 392 g/mol. The number of thioether (sulfide) groups is 1. The molecule has 0 aliphatic heterocycles. The maximum atomic E-state index is 12.0. The molecule has 3 rings (SSSR count). The molecule has 1 N–H and O–H groups in total. The number of nitrogens with one attached hydrogen (secondary N) is 1. The Labute approximate surface area is 167 Å². The number of carbonyl (C=O) groups is 1. The van der Waals surface area contributed by atoms with Gasteiger partial charge in [0.05, 0.1) is 12.3 Å². The molecule has 28 heavy (non-hydrogen) atoms. The second kappa shape index (κ2) is 9.71. The number of H-pyrrole nitrogens is 1. The van der Waals surface area contributed by atoms with Crippen LogP contribution < -0.4 is 5.56 Å². The minimum atomic E-state index is -0.369. The zero-order chi connectivity index (χ0) is 19.8. The molecule has 0 atom stereocenters. The van der Waals surface area contributed by atoms with Gasteiger partial charge in [-0.25, -0.2) is 9.78 Å². The first-order chi connectivity index (χ1) is 13.7. The number of nitrogens with zero attached hydrogens (tertiary/aromatic N) is 1. The first kappa shape index (κ1) is 19.6. The van der Waals surface area contributed by atoms with Gasteiger partial charge in [0.2, 0.25) is 0 Å². The van der Waals surface area contributed by atoms with Gasteiger partial charge in [-0.05, 0) is 24.1 Å². The second-order valence-electron chi connectivity index (χ2n) is 5.87. The summed E-state index contributed by atoms with van der Waals surface area (Å²) in [5, 5.41) is 0.551. The van der Waals surface area contributed by atoms with Gasteiger partial charge < -0.3 is 9.72 Å². The molecule has 0 aliphatic rings. The Bertz CT molecular complexity index is 1030. The predicted octanol–water partition coefficient (Wildman–Crippen LogP) is 4.31. The van der Waals surface area contributed by atoms with Gasteiger partial charge in [-0.1, -0.05) is 66.4 Å². The van der Waals surface area contributed by atoms with Gasteiger partial charge in [0.1, 0.15) is 0 Å². The largest absolute Gasteiger partial charge is 0.463 e. The van der Waals surface area contributed by atoms with E-state index in [1.165, 1.54) is 23.9 Å². The molecular formula is C22H20N2O3S. The number of aromatic amines is 1. The average Bonchev–Trinajstić information content (AvgIpc) is 2.72. The third kappa shape index (κ3) is 5.44. The van der Waals surface area contributed by atoms with E-state index < -0.39 is 0 Å². The highest BCUT2D eigenvalue weighted by Gasteiger charge is 2.07. The van der Waals surface area contributed by atoms with Crippen LogP contribution in [0, 0.1) is 0 Å².